The number of ether oxygens (including phenoxy) is 1. The van der Waals surface area contributed by atoms with E-state index in [1.54, 1.807) is 7.11 Å². The molecule has 0 unspecified atom stereocenters. The number of hydrogen-bond donors (Lipinski definition) is 2. The molecule has 4 heteroatoms. The smallest absolute Gasteiger partial charge is 0.170 e. The van der Waals surface area contributed by atoms with Crippen molar-refractivity contribution >= 4 is 23.0 Å². The topological polar surface area (TPSA) is 33.3 Å². The molecule has 0 fully saturated rings. The monoisotopic (exact) mass is 300 g/mol. The fourth-order valence-electron chi connectivity index (χ4n) is 2.10. The lowest BCUT2D eigenvalue weighted by Crippen LogP contribution is -2.30. The summed E-state index contributed by atoms with van der Waals surface area (Å²) >= 11 is 5.32. The van der Waals surface area contributed by atoms with E-state index in [-0.39, 0.29) is 0 Å². The first-order valence-corrected chi connectivity index (χ1v) is 7.34. The van der Waals surface area contributed by atoms with Crippen LogP contribution in [-0.2, 0) is 6.42 Å². The van der Waals surface area contributed by atoms with Crippen LogP contribution in [0.15, 0.2) is 48.5 Å². The van der Waals surface area contributed by atoms with Gasteiger partial charge in [0.15, 0.2) is 5.11 Å². The van der Waals surface area contributed by atoms with Crippen molar-refractivity contribution in [3.8, 4) is 5.75 Å². The lowest BCUT2D eigenvalue weighted by atomic mass is 10.1. The summed E-state index contributed by atoms with van der Waals surface area (Å²) in [6.07, 6.45) is 0.861. The maximum Gasteiger partial charge on any atom is 0.170 e. The van der Waals surface area contributed by atoms with Gasteiger partial charge in [-0.1, -0.05) is 36.4 Å². The lowest BCUT2D eigenvalue weighted by Gasteiger charge is -2.13. The normalized spacial score (nSPS) is 10.0. The Hall–Kier alpha value is -2.07. The standard InChI is InChI=1S/C17H20N2OS/c1-13-7-3-5-9-15(13)19-17(21)18-12-11-14-8-4-6-10-16(14)20-2/h3-10H,11-12H2,1-2H3,(H2,18,19,21). The number of rotatable bonds is 5. The molecule has 2 rings (SSSR count). The molecular formula is C17H20N2OS. The van der Waals surface area contributed by atoms with Crippen LogP contribution < -0.4 is 15.4 Å². The largest absolute Gasteiger partial charge is 0.496 e. The van der Waals surface area contributed by atoms with Crippen LogP contribution in [0.1, 0.15) is 11.1 Å². The highest BCUT2D eigenvalue weighted by atomic mass is 32.1. The Labute approximate surface area is 131 Å². The minimum Gasteiger partial charge on any atom is -0.496 e. The van der Waals surface area contributed by atoms with Crippen LogP contribution in [0.25, 0.3) is 0 Å². The van der Waals surface area contributed by atoms with Gasteiger partial charge in [-0.25, -0.2) is 0 Å². The summed E-state index contributed by atoms with van der Waals surface area (Å²) in [7, 11) is 1.69. The van der Waals surface area contributed by atoms with Gasteiger partial charge in [0.1, 0.15) is 5.75 Å². The number of para-hydroxylation sites is 2. The summed E-state index contributed by atoms with van der Waals surface area (Å²) in [5.74, 6) is 0.914. The number of thiocarbonyl (C=S) groups is 1. The molecule has 0 amide bonds. The summed E-state index contributed by atoms with van der Waals surface area (Å²) in [5.41, 5.74) is 3.38. The van der Waals surface area contributed by atoms with Gasteiger partial charge in [-0.15, -0.1) is 0 Å². The van der Waals surface area contributed by atoms with Crippen molar-refractivity contribution < 1.29 is 4.74 Å². The zero-order chi connectivity index (χ0) is 15.1. The van der Waals surface area contributed by atoms with Crippen LogP contribution in [0.5, 0.6) is 5.75 Å². The van der Waals surface area contributed by atoms with E-state index in [9.17, 15) is 0 Å². The third kappa shape index (κ3) is 4.46. The van der Waals surface area contributed by atoms with Gasteiger partial charge in [-0.05, 0) is 48.8 Å². The molecule has 0 spiro atoms. The summed E-state index contributed by atoms with van der Waals surface area (Å²) in [6.45, 7) is 2.82. The van der Waals surface area contributed by atoms with E-state index < -0.39 is 0 Å². The van der Waals surface area contributed by atoms with E-state index >= 15 is 0 Å². The highest BCUT2D eigenvalue weighted by Crippen LogP contribution is 2.17. The fraction of sp³-hybridized carbons (Fsp3) is 0.235. The second-order valence-corrected chi connectivity index (χ2v) is 5.17. The Bertz CT molecular complexity index is 613. The molecule has 21 heavy (non-hydrogen) atoms. The van der Waals surface area contributed by atoms with Gasteiger partial charge in [0, 0.05) is 12.2 Å². The van der Waals surface area contributed by atoms with Crippen LogP contribution in [0.4, 0.5) is 5.69 Å². The minimum absolute atomic E-state index is 0.638. The first-order chi connectivity index (χ1) is 10.2. The molecule has 0 heterocycles. The Morgan fingerprint density at radius 2 is 1.81 bits per heavy atom. The second kappa shape index (κ2) is 7.64. The molecule has 0 radical (unpaired) electrons. The molecule has 110 valence electrons. The molecule has 0 aliphatic rings. The number of benzene rings is 2. The van der Waals surface area contributed by atoms with Gasteiger partial charge in [-0.3, -0.25) is 0 Å². The third-order valence-electron chi connectivity index (χ3n) is 3.27. The number of hydrogen-bond acceptors (Lipinski definition) is 2. The van der Waals surface area contributed by atoms with Crippen molar-refractivity contribution in [2.24, 2.45) is 0 Å². The molecule has 0 atom stereocenters. The van der Waals surface area contributed by atoms with Crippen molar-refractivity contribution in [3.05, 3.63) is 59.7 Å². The van der Waals surface area contributed by atoms with E-state index in [0.29, 0.717) is 5.11 Å². The number of methoxy groups -OCH3 is 1. The maximum absolute atomic E-state index is 5.34. The van der Waals surface area contributed by atoms with Gasteiger partial charge in [0.25, 0.3) is 0 Å². The number of nitrogens with one attached hydrogen (secondary N) is 2. The Kier molecular flexibility index (Phi) is 5.58. The van der Waals surface area contributed by atoms with Crippen LogP contribution >= 0.6 is 12.2 Å². The maximum atomic E-state index is 5.34. The molecule has 2 aromatic carbocycles. The van der Waals surface area contributed by atoms with Gasteiger partial charge in [0.2, 0.25) is 0 Å². The molecule has 0 aliphatic carbocycles. The van der Waals surface area contributed by atoms with Crippen LogP contribution in [0.2, 0.25) is 0 Å². The average Bonchev–Trinajstić information content (AvgIpc) is 2.50. The summed E-state index contributed by atoms with van der Waals surface area (Å²) < 4.78 is 5.34. The summed E-state index contributed by atoms with van der Waals surface area (Å²) in [4.78, 5) is 0. The molecule has 0 aliphatic heterocycles. The lowest BCUT2D eigenvalue weighted by molar-refractivity contribution is 0.409. The van der Waals surface area contributed by atoms with E-state index in [0.717, 1.165) is 24.4 Å². The second-order valence-electron chi connectivity index (χ2n) is 4.76. The molecule has 2 aromatic rings. The van der Waals surface area contributed by atoms with Crippen LogP contribution in [-0.4, -0.2) is 18.8 Å². The van der Waals surface area contributed by atoms with Crippen molar-refractivity contribution in [1.29, 1.82) is 0 Å². The molecule has 2 N–H and O–H groups in total. The average molecular weight is 300 g/mol. The van der Waals surface area contributed by atoms with Crippen molar-refractivity contribution in [1.82, 2.24) is 5.32 Å². The van der Waals surface area contributed by atoms with Gasteiger partial charge < -0.3 is 15.4 Å². The van der Waals surface area contributed by atoms with Crippen LogP contribution in [0, 0.1) is 6.92 Å². The third-order valence-corrected chi connectivity index (χ3v) is 3.51. The van der Waals surface area contributed by atoms with Crippen molar-refractivity contribution in [3.63, 3.8) is 0 Å². The SMILES string of the molecule is COc1ccccc1CCNC(=S)Nc1ccccc1C. The molecular weight excluding hydrogens is 280 g/mol. The van der Waals surface area contributed by atoms with Gasteiger partial charge in [0.05, 0.1) is 7.11 Å². The van der Waals surface area contributed by atoms with Gasteiger partial charge in [-0.2, -0.15) is 0 Å². The zero-order valence-corrected chi connectivity index (χ0v) is 13.2. The highest BCUT2D eigenvalue weighted by molar-refractivity contribution is 7.80. The van der Waals surface area contributed by atoms with E-state index in [2.05, 4.69) is 29.7 Å². The Morgan fingerprint density at radius 1 is 1.10 bits per heavy atom. The van der Waals surface area contributed by atoms with E-state index in [1.807, 2.05) is 36.4 Å². The number of aryl methyl sites for hydroxylation is 1. The minimum atomic E-state index is 0.638. The van der Waals surface area contributed by atoms with E-state index in [4.69, 9.17) is 17.0 Å². The predicted octanol–water partition coefficient (Wildman–Crippen LogP) is 3.53. The van der Waals surface area contributed by atoms with Crippen molar-refractivity contribution in [2.45, 2.75) is 13.3 Å². The van der Waals surface area contributed by atoms with Crippen LogP contribution in [0.3, 0.4) is 0 Å². The van der Waals surface area contributed by atoms with Crippen molar-refractivity contribution in [2.75, 3.05) is 19.0 Å². The summed E-state index contributed by atoms with van der Waals surface area (Å²) in [6, 6.07) is 16.1. The zero-order valence-electron chi connectivity index (χ0n) is 12.3. The quantitative estimate of drug-likeness (QED) is 0.828. The van der Waals surface area contributed by atoms with E-state index in [1.165, 1.54) is 11.1 Å². The molecule has 0 saturated carbocycles. The summed E-state index contributed by atoms with van der Waals surface area (Å²) in [5, 5.41) is 7.08. The Balaban J connectivity index is 1.83. The first-order valence-electron chi connectivity index (χ1n) is 6.93. The first kappa shape index (κ1) is 15.3. The molecule has 0 saturated heterocycles. The Morgan fingerprint density at radius 3 is 2.57 bits per heavy atom. The predicted molar refractivity (Wildman–Crippen MR) is 92.1 cm³/mol. The van der Waals surface area contributed by atoms with Gasteiger partial charge >= 0.3 is 0 Å². The molecule has 0 bridgehead atoms. The highest BCUT2D eigenvalue weighted by Gasteiger charge is 2.03. The number of anilines is 1. The molecule has 3 nitrogen and oxygen atoms in total. The fourth-order valence-corrected chi connectivity index (χ4v) is 2.31. The molecule has 0 aromatic heterocycles.